The van der Waals surface area contributed by atoms with Crippen LogP contribution in [0, 0.1) is 5.41 Å². The van der Waals surface area contributed by atoms with Gasteiger partial charge in [0.25, 0.3) is 0 Å². The van der Waals surface area contributed by atoms with Gasteiger partial charge < -0.3 is 16.2 Å². The maximum Gasteiger partial charge on any atom is 0.135 e. The summed E-state index contributed by atoms with van der Waals surface area (Å²) in [7, 11) is 0. The molecule has 2 rings (SSSR count). The van der Waals surface area contributed by atoms with Gasteiger partial charge in [-0.25, -0.2) is 9.97 Å². The minimum atomic E-state index is -0.251. The van der Waals surface area contributed by atoms with Gasteiger partial charge in [0, 0.05) is 23.4 Å². The molecule has 0 aliphatic heterocycles. The number of hydrogen-bond acceptors (Lipinski definition) is 5. The van der Waals surface area contributed by atoms with Crippen molar-refractivity contribution in [2.45, 2.75) is 52.2 Å². The van der Waals surface area contributed by atoms with Gasteiger partial charge in [-0.2, -0.15) is 0 Å². The minimum Gasteiger partial charge on any atom is -0.392 e. The van der Waals surface area contributed by atoms with E-state index in [2.05, 4.69) is 15.3 Å². The third kappa shape index (κ3) is 2.27. The minimum absolute atomic E-state index is 0.127. The Labute approximate surface area is 108 Å². The summed E-state index contributed by atoms with van der Waals surface area (Å²) in [5.74, 6) is 2.22. The van der Waals surface area contributed by atoms with Gasteiger partial charge in [0.05, 0.1) is 6.10 Å². The quantitative estimate of drug-likeness (QED) is 0.761. The maximum absolute atomic E-state index is 9.72. The molecule has 1 heterocycles. The molecule has 0 bridgehead atoms. The molecular formula is C13H22N4O. The van der Waals surface area contributed by atoms with E-state index in [1.54, 1.807) is 6.07 Å². The number of aliphatic hydroxyl groups is 1. The number of nitrogens with one attached hydrogen (secondary N) is 1. The molecule has 5 nitrogen and oxygen atoms in total. The number of hydrogen-bond donors (Lipinski definition) is 3. The molecule has 5 heteroatoms. The molecule has 0 radical (unpaired) electrons. The van der Waals surface area contributed by atoms with Gasteiger partial charge in [0.2, 0.25) is 0 Å². The monoisotopic (exact) mass is 250 g/mol. The zero-order valence-corrected chi connectivity index (χ0v) is 11.4. The number of rotatable bonds is 3. The van der Waals surface area contributed by atoms with Crippen molar-refractivity contribution in [3.63, 3.8) is 0 Å². The topological polar surface area (TPSA) is 84.1 Å². The Kier molecular flexibility index (Phi) is 3.19. The number of anilines is 2. The molecule has 1 aromatic rings. The molecule has 1 fully saturated rings. The van der Waals surface area contributed by atoms with Crippen molar-refractivity contribution in [1.29, 1.82) is 0 Å². The summed E-state index contributed by atoms with van der Waals surface area (Å²) in [6.45, 7) is 8.17. The first-order chi connectivity index (χ1) is 8.30. The van der Waals surface area contributed by atoms with Crippen LogP contribution in [-0.2, 0) is 0 Å². The van der Waals surface area contributed by atoms with Crippen molar-refractivity contribution >= 4 is 11.6 Å². The summed E-state index contributed by atoms with van der Waals surface area (Å²) in [5, 5.41) is 13.1. The van der Waals surface area contributed by atoms with E-state index >= 15 is 0 Å². The molecule has 100 valence electrons. The van der Waals surface area contributed by atoms with Gasteiger partial charge in [-0.1, -0.05) is 27.7 Å². The lowest BCUT2D eigenvalue weighted by Gasteiger charge is -2.49. The Bertz CT molecular complexity index is 445. The van der Waals surface area contributed by atoms with Gasteiger partial charge in [-0.15, -0.1) is 0 Å². The van der Waals surface area contributed by atoms with Crippen molar-refractivity contribution in [3.8, 4) is 0 Å². The van der Waals surface area contributed by atoms with Crippen LogP contribution in [0.5, 0.6) is 0 Å². The van der Waals surface area contributed by atoms with Crippen LogP contribution in [0.2, 0.25) is 0 Å². The molecule has 1 aliphatic carbocycles. The Morgan fingerprint density at radius 2 is 2.11 bits per heavy atom. The molecule has 0 spiro atoms. The molecule has 4 N–H and O–H groups in total. The van der Waals surface area contributed by atoms with Crippen molar-refractivity contribution in [2.24, 2.45) is 5.41 Å². The van der Waals surface area contributed by atoms with Crippen LogP contribution in [0.4, 0.5) is 11.6 Å². The molecule has 0 aromatic carbocycles. The van der Waals surface area contributed by atoms with Crippen LogP contribution in [0.1, 0.15) is 45.9 Å². The zero-order chi connectivity index (χ0) is 13.5. The fraction of sp³-hybridized carbons (Fsp3) is 0.692. The Hall–Kier alpha value is -1.36. The van der Waals surface area contributed by atoms with Crippen LogP contribution < -0.4 is 11.1 Å². The average molecular weight is 250 g/mol. The lowest BCUT2D eigenvalue weighted by Crippen LogP contribution is -2.57. The van der Waals surface area contributed by atoms with Gasteiger partial charge >= 0.3 is 0 Å². The van der Waals surface area contributed by atoms with Crippen molar-refractivity contribution in [3.05, 3.63) is 11.9 Å². The molecule has 2 unspecified atom stereocenters. The molecule has 0 saturated heterocycles. The van der Waals surface area contributed by atoms with Crippen molar-refractivity contribution in [1.82, 2.24) is 9.97 Å². The second-order valence-electron chi connectivity index (χ2n) is 5.96. The number of nitrogen functional groups attached to an aromatic ring is 1. The fourth-order valence-electron chi connectivity index (χ4n) is 2.14. The highest BCUT2D eigenvalue weighted by atomic mass is 16.3. The van der Waals surface area contributed by atoms with E-state index in [4.69, 9.17) is 5.73 Å². The summed E-state index contributed by atoms with van der Waals surface area (Å²) in [6.07, 6.45) is 0.493. The smallest absolute Gasteiger partial charge is 0.135 e. The van der Waals surface area contributed by atoms with Crippen molar-refractivity contribution in [2.75, 3.05) is 11.1 Å². The normalized spacial score (nSPS) is 25.9. The van der Waals surface area contributed by atoms with E-state index < -0.39 is 0 Å². The zero-order valence-electron chi connectivity index (χ0n) is 11.4. The van der Waals surface area contributed by atoms with Gasteiger partial charge in [0.1, 0.15) is 17.5 Å². The summed E-state index contributed by atoms with van der Waals surface area (Å²) >= 11 is 0. The van der Waals surface area contributed by atoms with E-state index in [-0.39, 0.29) is 23.5 Å². The second-order valence-corrected chi connectivity index (χ2v) is 5.96. The highest BCUT2D eigenvalue weighted by Gasteiger charge is 2.47. The predicted molar refractivity (Wildman–Crippen MR) is 72.3 cm³/mol. The first-order valence-corrected chi connectivity index (χ1v) is 6.39. The summed E-state index contributed by atoms with van der Waals surface area (Å²) in [4.78, 5) is 8.67. The summed E-state index contributed by atoms with van der Waals surface area (Å²) in [5.41, 5.74) is 5.66. The Morgan fingerprint density at radius 3 is 2.61 bits per heavy atom. The van der Waals surface area contributed by atoms with Gasteiger partial charge in [-0.3, -0.25) is 0 Å². The fourth-order valence-corrected chi connectivity index (χ4v) is 2.14. The molecule has 1 saturated carbocycles. The number of nitrogens with two attached hydrogens (primary N) is 1. The largest absolute Gasteiger partial charge is 0.392 e. The van der Waals surface area contributed by atoms with Crippen LogP contribution in [0.25, 0.3) is 0 Å². The molecule has 2 atom stereocenters. The van der Waals surface area contributed by atoms with Crippen LogP contribution in [0.15, 0.2) is 6.07 Å². The predicted octanol–water partition coefficient (Wildman–Crippen LogP) is 1.75. The van der Waals surface area contributed by atoms with Crippen LogP contribution in [-0.4, -0.2) is 27.2 Å². The summed E-state index contributed by atoms with van der Waals surface area (Å²) in [6, 6.07) is 1.97. The number of aromatic nitrogens is 2. The number of nitrogens with zero attached hydrogens (tertiary/aromatic N) is 2. The molecule has 1 aliphatic rings. The van der Waals surface area contributed by atoms with Crippen LogP contribution >= 0.6 is 0 Å². The summed E-state index contributed by atoms with van der Waals surface area (Å²) < 4.78 is 0. The van der Waals surface area contributed by atoms with Crippen LogP contribution in [0.3, 0.4) is 0 Å². The average Bonchev–Trinajstić information content (AvgIpc) is 2.28. The Morgan fingerprint density at radius 1 is 1.44 bits per heavy atom. The van der Waals surface area contributed by atoms with Crippen molar-refractivity contribution < 1.29 is 5.11 Å². The highest BCUT2D eigenvalue weighted by molar-refractivity contribution is 5.46. The lowest BCUT2D eigenvalue weighted by molar-refractivity contribution is -0.0511. The molecule has 0 amide bonds. The van der Waals surface area contributed by atoms with E-state index in [1.165, 1.54) is 0 Å². The highest BCUT2D eigenvalue weighted by Crippen LogP contribution is 2.42. The van der Waals surface area contributed by atoms with E-state index in [0.29, 0.717) is 5.82 Å². The van der Waals surface area contributed by atoms with Gasteiger partial charge in [0.15, 0.2) is 0 Å². The van der Waals surface area contributed by atoms with E-state index in [1.807, 2.05) is 27.7 Å². The van der Waals surface area contributed by atoms with E-state index in [9.17, 15) is 5.11 Å². The first kappa shape index (κ1) is 13.1. The SMILES string of the molecule is CC(C)c1nc(N)cc(NC2CC(O)C2(C)C)n1. The standard InChI is InChI=1S/C13H22N4O/c1-7(2)12-16-10(14)6-11(17-12)15-8-5-9(18)13(8,3)4/h6-9,18H,5H2,1-4H3,(H3,14,15,16,17). The van der Waals surface area contributed by atoms with E-state index in [0.717, 1.165) is 18.1 Å². The molecule has 1 aromatic heterocycles. The second kappa shape index (κ2) is 4.39. The lowest BCUT2D eigenvalue weighted by atomic mass is 9.64. The maximum atomic E-state index is 9.72. The third-order valence-electron chi connectivity index (χ3n) is 3.82. The third-order valence-corrected chi connectivity index (χ3v) is 3.82. The number of aliphatic hydroxyl groups excluding tert-OH is 1. The molecule has 18 heavy (non-hydrogen) atoms. The van der Waals surface area contributed by atoms with Gasteiger partial charge in [-0.05, 0) is 6.42 Å². The first-order valence-electron chi connectivity index (χ1n) is 6.39. The Balaban J connectivity index is 2.15. The molecular weight excluding hydrogens is 228 g/mol.